The van der Waals surface area contributed by atoms with Crippen molar-refractivity contribution in [3.63, 3.8) is 0 Å². The molecule has 1 saturated heterocycles. The van der Waals surface area contributed by atoms with E-state index in [1.165, 1.54) is 6.07 Å². The highest BCUT2D eigenvalue weighted by Gasteiger charge is 2.31. The quantitative estimate of drug-likeness (QED) is 0.418. The highest BCUT2D eigenvalue weighted by Crippen LogP contribution is 2.33. The number of benzene rings is 2. The monoisotopic (exact) mass is 461 g/mol. The van der Waals surface area contributed by atoms with Crippen molar-refractivity contribution < 1.29 is 23.2 Å². The van der Waals surface area contributed by atoms with E-state index in [1.807, 2.05) is 0 Å². The number of halogens is 1. The summed E-state index contributed by atoms with van der Waals surface area (Å²) < 4.78 is 30.3. The summed E-state index contributed by atoms with van der Waals surface area (Å²) in [7, 11) is 1.54. The maximum Gasteiger partial charge on any atom is 0.253 e. The van der Waals surface area contributed by atoms with Crippen LogP contribution in [-0.4, -0.2) is 59.6 Å². The fraction of sp³-hybridized carbons (Fsp3) is 0.250. The third kappa shape index (κ3) is 3.97. The number of nitriles is 1. The van der Waals surface area contributed by atoms with Crippen molar-refractivity contribution in [2.75, 3.05) is 33.4 Å². The van der Waals surface area contributed by atoms with Crippen LogP contribution >= 0.6 is 0 Å². The van der Waals surface area contributed by atoms with Crippen LogP contribution in [0.4, 0.5) is 4.39 Å². The lowest BCUT2D eigenvalue weighted by atomic mass is 10.00. The van der Waals surface area contributed by atoms with Gasteiger partial charge < -0.3 is 18.9 Å². The van der Waals surface area contributed by atoms with Crippen LogP contribution in [0.5, 0.6) is 5.75 Å². The van der Waals surface area contributed by atoms with Gasteiger partial charge in [0, 0.05) is 48.8 Å². The number of hydrogen-bond donors (Lipinski definition) is 1. The number of aromatic nitrogens is 3. The van der Waals surface area contributed by atoms with Crippen molar-refractivity contribution in [1.29, 1.82) is 5.26 Å². The molecular formula is C24H20FN5O4. The highest BCUT2D eigenvalue weighted by atomic mass is 19.1. The van der Waals surface area contributed by atoms with Gasteiger partial charge >= 0.3 is 0 Å². The van der Waals surface area contributed by atoms with E-state index in [2.05, 4.69) is 21.4 Å². The Morgan fingerprint density at radius 1 is 1.26 bits per heavy atom. The maximum absolute atomic E-state index is 14.5. The summed E-state index contributed by atoms with van der Waals surface area (Å²) in [5.74, 6) is -0.229. The molecule has 34 heavy (non-hydrogen) atoms. The lowest BCUT2D eigenvalue weighted by molar-refractivity contribution is 0.0577. The van der Waals surface area contributed by atoms with Crippen LogP contribution in [0.15, 0.2) is 47.0 Å². The molecule has 0 unspecified atom stereocenters. The fourth-order valence-corrected chi connectivity index (χ4v) is 3.77. The summed E-state index contributed by atoms with van der Waals surface area (Å²) in [6.45, 7) is 1.50. The number of carbonyl (C=O) groups is 1. The van der Waals surface area contributed by atoms with Gasteiger partial charge in [-0.25, -0.2) is 4.39 Å². The predicted octanol–water partition coefficient (Wildman–Crippen LogP) is 3.64. The highest BCUT2D eigenvalue weighted by molar-refractivity contribution is 5.95. The molecule has 2 aromatic carbocycles. The van der Waals surface area contributed by atoms with E-state index in [4.69, 9.17) is 19.3 Å². The van der Waals surface area contributed by atoms with Crippen LogP contribution < -0.4 is 4.74 Å². The lowest BCUT2D eigenvalue weighted by Crippen LogP contribution is -2.49. The third-order valence-corrected chi connectivity index (χ3v) is 5.68. The molecular weight excluding hydrogens is 441 g/mol. The van der Waals surface area contributed by atoms with E-state index in [9.17, 15) is 9.18 Å². The van der Waals surface area contributed by atoms with E-state index in [1.54, 1.807) is 48.4 Å². The number of methoxy groups -OCH3 is 1. The Morgan fingerprint density at radius 2 is 2.06 bits per heavy atom. The van der Waals surface area contributed by atoms with Crippen LogP contribution in [0, 0.1) is 23.1 Å². The minimum atomic E-state index is -0.519. The Bertz CT molecular complexity index is 1380. The van der Waals surface area contributed by atoms with Gasteiger partial charge in [0.1, 0.15) is 18.0 Å². The van der Waals surface area contributed by atoms with E-state index in [-0.39, 0.29) is 24.2 Å². The van der Waals surface area contributed by atoms with Crippen molar-refractivity contribution in [2.45, 2.75) is 0 Å². The van der Waals surface area contributed by atoms with Crippen LogP contribution in [0.25, 0.3) is 33.6 Å². The number of amides is 1. The standard InChI is InChI=1S/C24H20FN5O4/c1-32-6-7-33-21-10-20-17(8-18(21)25)23(28-27-20)22-9-19(29-34-22)15-2-4-16(5-3-15)24(31)30-12-14(11-26)13-30/h2-5,8-10,14H,6-7,12-13H2,1H3,(H,27,28). The first-order valence-corrected chi connectivity index (χ1v) is 10.6. The van der Waals surface area contributed by atoms with Crippen molar-refractivity contribution in [1.82, 2.24) is 20.3 Å². The summed E-state index contributed by atoms with van der Waals surface area (Å²) in [5, 5.41) is 20.6. The molecule has 0 atom stereocenters. The van der Waals surface area contributed by atoms with Crippen LogP contribution in [0.2, 0.25) is 0 Å². The summed E-state index contributed by atoms with van der Waals surface area (Å²) in [6.07, 6.45) is 0. The first-order valence-electron chi connectivity index (χ1n) is 10.6. The molecule has 1 fully saturated rings. The number of nitrogens with one attached hydrogen (secondary N) is 1. The summed E-state index contributed by atoms with van der Waals surface area (Å²) in [5.41, 5.74) is 2.87. The summed E-state index contributed by atoms with van der Waals surface area (Å²) in [6, 6.07) is 13.7. The van der Waals surface area contributed by atoms with Crippen LogP contribution in [-0.2, 0) is 4.74 Å². The minimum Gasteiger partial charge on any atom is -0.488 e. The summed E-state index contributed by atoms with van der Waals surface area (Å²) in [4.78, 5) is 14.1. The number of likely N-dealkylation sites (tertiary alicyclic amines) is 1. The van der Waals surface area contributed by atoms with Gasteiger partial charge in [-0.15, -0.1) is 0 Å². The molecule has 0 spiro atoms. The average Bonchev–Trinajstić information content (AvgIpc) is 3.46. The van der Waals surface area contributed by atoms with Crippen molar-refractivity contribution in [3.8, 4) is 34.5 Å². The topological polar surface area (TPSA) is 117 Å². The second-order valence-electron chi connectivity index (χ2n) is 7.93. The zero-order valence-corrected chi connectivity index (χ0v) is 18.2. The number of hydrogen-bond acceptors (Lipinski definition) is 7. The SMILES string of the molecule is COCCOc1cc2[nH]nc(-c3cc(-c4ccc(C(=O)N5CC(C#N)C5)cc4)no3)c2cc1F. The molecule has 1 N–H and O–H groups in total. The van der Waals surface area contributed by atoms with E-state index < -0.39 is 5.82 Å². The average molecular weight is 461 g/mol. The molecule has 172 valence electrons. The Kier molecular flexibility index (Phi) is 5.69. The zero-order valence-electron chi connectivity index (χ0n) is 18.2. The number of nitrogens with zero attached hydrogens (tertiary/aromatic N) is 4. The second kappa shape index (κ2) is 8.96. The number of ether oxygens (including phenoxy) is 2. The number of fused-ring (bicyclic) bond motifs is 1. The molecule has 0 saturated carbocycles. The molecule has 1 aliphatic heterocycles. The molecule has 0 bridgehead atoms. The molecule has 4 aromatic rings. The van der Waals surface area contributed by atoms with Crippen molar-refractivity contribution in [3.05, 3.63) is 53.8 Å². The van der Waals surface area contributed by atoms with Gasteiger partial charge in [-0.05, 0) is 18.2 Å². The number of rotatable bonds is 7. The zero-order chi connectivity index (χ0) is 23.7. The Hall–Kier alpha value is -4.23. The molecule has 1 aliphatic rings. The fourth-order valence-electron chi connectivity index (χ4n) is 3.77. The molecule has 0 aliphatic carbocycles. The molecule has 10 heteroatoms. The molecule has 0 radical (unpaired) electrons. The normalized spacial score (nSPS) is 13.6. The summed E-state index contributed by atoms with van der Waals surface area (Å²) >= 11 is 0. The maximum atomic E-state index is 14.5. The van der Waals surface area contributed by atoms with Gasteiger partial charge in [0.15, 0.2) is 17.3 Å². The Balaban J connectivity index is 1.34. The second-order valence-corrected chi connectivity index (χ2v) is 7.93. The Morgan fingerprint density at radius 3 is 2.79 bits per heavy atom. The molecule has 3 heterocycles. The van der Waals surface area contributed by atoms with Gasteiger partial charge in [0.25, 0.3) is 5.91 Å². The van der Waals surface area contributed by atoms with Gasteiger partial charge in [-0.3, -0.25) is 9.89 Å². The Labute approximate surface area is 193 Å². The first-order chi connectivity index (χ1) is 16.6. The van der Waals surface area contributed by atoms with Crippen molar-refractivity contribution >= 4 is 16.8 Å². The van der Waals surface area contributed by atoms with E-state index in [0.29, 0.717) is 53.3 Å². The third-order valence-electron chi connectivity index (χ3n) is 5.68. The number of H-pyrrole nitrogens is 1. The molecule has 5 rings (SSSR count). The predicted molar refractivity (Wildman–Crippen MR) is 119 cm³/mol. The molecule has 9 nitrogen and oxygen atoms in total. The largest absolute Gasteiger partial charge is 0.488 e. The van der Waals surface area contributed by atoms with Gasteiger partial charge in [-0.2, -0.15) is 10.4 Å². The first kappa shape index (κ1) is 21.6. The lowest BCUT2D eigenvalue weighted by Gasteiger charge is -2.35. The minimum absolute atomic E-state index is 0.0851. The van der Waals surface area contributed by atoms with Crippen molar-refractivity contribution in [2.24, 2.45) is 5.92 Å². The van der Waals surface area contributed by atoms with E-state index in [0.717, 1.165) is 5.56 Å². The number of aromatic amines is 1. The molecule has 1 amide bonds. The van der Waals surface area contributed by atoms with Gasteiger partial charge in [0.05, 0.1) is 24.1 Å². The van der Waals surface area contributed by atoms with Crippen LogP contribution in [0.3, 0.4) is 0 Å². The number of carbonyl (C=O) groups excluding carboxylic acids is 1. The smallest absolute Gasteiger partial charge is 0.253 e. The van der Waals surface area contributed by atoms with Gasteiger partial charge in [-0.1, -0.05) is 17.3 Å². The molecule has 2 aromatic heterocycles. The van der Waals surface area contributed by atoms with E-state index >= 15 is 0 Å². The van der Waals surface area contributed by atoms with Crippen LogP contribution in [0.1, 0.15) is 10.4 Å². The van der Waals surface area contributed by atoms with Gasteiger partial charge in [0.2, 0.25) is 0 Å².